The maximum Gasteiger partial charge on any atom is 0.272 e. The van der Waals surface area contributed by atoms with Crippen molar-refractivity contribution >= 4 is 23.6 Å². The Labute approximate surface area is 142 Å². The predicted octanol–water partition coefficient (Wildman–Crippen LogP) is 3.73. The molecule has 2 N–H and O–H groups in total. The molecule has 2 aromatic rings. The molecule has 2 aromatic carbocycles. The Morgan fingerprint density at radius 3 is 2.04 bits per heavy atom. The number of aryl methyl sites for hydroxylation is 3. The first kappa shape index (κ1) is 17.5. The molecule has 0 atom stereocenters. The lowest BCUT2D eigenvalue weighted by Crippen LogP contribution is -2.29. The van der Waals surface area contributed by atoms with Crippen LogP contribution in [0.4, 0.5) is 5.69 Å². The molecule has 0 aliphatic heterocycles. The molecule has 0 saturated heterocycles. The Bertz CT molecular complexity index is 787. The van der Waals surface area contributed by atoms with Crippen LogP contribution in [-0.4, -0.2) is 11.8 Å². The molecule has 0 fully saturated rings. The standard InChI is InChI=1S/C20H22N2O2/c1-13-8-5-6-11-17(13)12-18(21-16(4)23)20(24)22-19-14(2)9-7-10-15(19)3/h5-12H,1-4H3,(H,21,23)(H,22,24)/b18-12+. The third kappa shape index (κ3) is 4.32. The summed E-state index contributed by atoms with van der Waals surface area (Å²) in [6, 6.07) is 13.5. The SMILES string of the molecule is CC(=O)N/C(=C/c1ccccc1C)C(=O)Nc1c(C)cccc1C. The third-order valence-corrected chi connectivity index (χ3v) is 3.76. The summed E-state index contributed by atoms with van der Waals surface area (Å²) >= 11 is 0. The first-order chi connectivity index (χ1) is 11.4. The second kappa shape index (κ2) is 7.59. The van der Waals surface area contributed by atoms with Crippen molar-refractivity contribution in [2.45, 2.75) is 27.7 Å². The summed E-state index contributed by atoms with van der Waals surface area (Å²) in [6.07, 6.45) is 1.69. The Balaban J connectivity index is 2.36. The molecule has 0 bridgehead atoms. The molecule has 124 valence electrons. The van der Waals surface area contributed by atoms with Crippen LogP contribution in [0.5, 0.6) is 0 Å². The van der Waals surface area contributed by atoms with Crippen molar-refractivity contribution in [3.63, 3.8) is 0 Å². The van der Waals surface area contributed by atoms with Gasteiger partial charge in [-0.05, 0) is 49.1 Å². The summed E-state index contributed by atoms with van der Waals surface area (Å²) in [5.74, 6) is -0.627. The Kier molecular flexibility index (Phi) is 5.53. The minimum absolute atomic E-state index is 0.222. The van der Waals surface area contributed by atoms with Gasteiger partial charge >= 0.3 is 0 Å². The molecule has 0 unspecified atom stereocenters. The molecule has 0 aliphatic rings. The van der Waals surface area contributed by atoms with Gasteiger partial charge in [-0.15, -0.1) is 0 Å². The molecule has 2 rings (SSSR count). The summed E-state index contributed by atoms with van der Waals surface area (Å²) in [7, 11) is 0. The second-order valence-electron chi connectivity index (χ2n) is 5.82. The monoisotopic (exact) mass is 322 g/mol. The van der Waals surface area contributed by atoms with Crippen LogP contribution in [0.1, 0.15) is 29.2 Å². The van der Waals surface area contributed by atoms with Gasteiger partial charge in [0, 0.05) is 12.6 Å². The van der Waals surface area contributed by atoms with Gasteiger partial charge in [0.2, 0.25) is 5.91 Å². The highest BCUT2D eigenvalue weighted by Crippen LogP contribution is 2.20. The van der Waals surface area contributed by atoms with Gasteiger partial charge in [0.05, 0.1) is 0 Å². The van der Waals surface area contributed by atoms with Crippen LogP contribution in [-0.2, 0) is 9.59 Å². The average Bonchev–Trinajstić information content (AvgIpc) is 2.52. The average molecular weight is 322 g/mol. The lowest BCUT2D eigenvalue weighted by molar-refractivity contribution is -0.120. The van der Waals surface area contributed by atoms with Crippen molar-refractivity contribution in [2.24, 2.45) is 0 Å². The summed E-state index contributed by atoms with van der Waals surface area (Å²) in [5, 5.41) is 5.53. The van der Waals surface area contributed by atoms with Gasteiger partial charge in [0.1, 0.15) is 5.70 Å². The van der Waals surface area contributed by atoms with Crippen molar-refractivity contribution in [3.8, 4) is 0 Å². The molecular formula is C20H22N2O2. The van der Waals surface area contributed by atoms with Crippen molar-refractivity contribution in [1.29, 1.82) is 0 Å². The second-order valence-corrected chi connectivity index (χ2v) is 5.82. The van der Waals surface area contributed by atoms with Crippen molar-refractivity contribution in [1.82, 2.24) is 5.32 Å². The fraction of sp³-hybridized carbons (Fsp3) is 0.200. The van der Waals surface area contributed by atoms with E-state index >= 15 is 0 Å². The van der Waals surface area contributed by atoms with Gasteiger partial charge in [-0.1, -0.05) is 42.5 Å². The highest BCUT2D eigenvalue weighted by molar-refractivity contribution is 6.09. The zero-order chi connectivity index (χ0) is 17.7. The van der Waals surface area contributed by atoms with E-state index in [2.05, 4.69) is 10.6 Å². The fourth-order valence-corrected chi connectivity index (χ4v) is 2.44. The number of para-hydroxylation sites is 1. The van der Waals surface area contributed by atoms with Gasteiger partial charge in [-0.3, -0.25) is 9.59 Å². The first-order valence-corrected chi connectivity index (χ1v) is 7.81. The van der Waals surface area contributed by atoms with E-state index in [1.54, 1.807) is 6.08 Å². The number of amides is 2. The van der Waals surface area contributed by atoms with Crippen LogP contribution in [0.15, 0.2) is 48.2 Å². The lowest BCUT2D eigenvalue weighted by atomic mass is 10.1. The molecule has 0 aromatic heterocycles. The Morgan fingerprint density at radius 2 is 1.46 bits per heavy atom. The number of anilines is 1. The van der Waals surface area contributed by atoms with E-state index in [1.165, 1.54) is 6.92 Å². The fourth-order valence-electron chi connectivity index (χ4n) is 2.44. The van der Waals surface area contributed by atoms with Crippen molar-refractivity contribution in [2.75, 3.05) is 5.32 Å². The van der Waals surface area contributed by atoms with E-state index in [0.717, 1.165) is 27.9 Å². The number of hydrogen-bond donors (Lipinski definition) is 2. The highest BCUT2D eigenvalue weighted by atomic mass is 16.2. The summed E-state index contributed by atoms with van der Waals surface area (Å²) in [6.45, 7) is 7.22. The van der Waals surface area contributed by atoms with Crippen LogP contribution >= 0.6 is 0 Å². The topological polar surface area (TPSA) is 58.2 Å². The van der Waals surface area contributed by atoms with E-state index in [4.69, 9.17) is 0 Å². The van der Waals surface area contributed by atoms with Crippen LogP contribution in [0.25, 0.3) is 6.08 Å². The molecular weight excluding hydrogens is 300 g/mol. The molecule has 0 spiro atoms. The summed E-state index contributed by atoms with van der Waals surface area (Å²) in [5.41, 5.74) is 4.85. The van der Waals surface area contributed by atoms with Crippen LogP contribution in [0, 0.1) is 20.8 Å². The van der Waals surface area contributed by atoms with Gasteiger partial charge in [0.15, 0.2) is 0 Å². The van der Waals surface area contributed by atoms with E-state index in [9.17, 15) is 9.59 Å². The van der Waals surface area contributed by atoms with Crippen molar-refractivity contribution < 1.29 is 9.59 Å². The van der Waals surface area contributed by atoms with E-state index in [-0.39, 0.29) is 17.5 Å². The Hall–Kier alpha value is -2.88. The minimum atomic E-state index is -0.342. The molecule has 0 saturated carbocycles. The van der Waals surface area contributed by atoms with Gasteiger partial charge < -0.3 is 10.6 Å². The number of hydrogen-bond acceptors (Lipinski definition) is 2. The molecule has 0 heterocycles. The summed E-state index contributed by atoms with van der Waals surface area (Å²) < 4.78 is 0. The molecule has 2 amide bonds. The first-order valence-electron chi connectivity index (χ1n) is 7.81. The molecule has 4 nitrogen and oxygen atoms in total. The number of nitrogens with one attached hydrogen (secondary N) is 2. The molecule has 4 heteroatoms. The number of rotatable bonds is 4. The van der Waals surface area contributed by atoms with Gasteiger partial charge in [-0.2, -0.15) is 0 Å². The summed E-state index contributed by atoms with van der Waals surface area (Å²) in [4.78, 5) is 24.2. The zero-order valence-corrected chi connectivity index (χ0v) is 14.4. The maximum absolute atomic E-state index is 12.7. The minimum Gasteiger partial charge on any atom is -0.322 e. The number of carbonyl (C=O) groups is 2. The van der Waals surface area contributed by atoms with E-state index in [0.29, 0.717) is 0 Å². The zero-order valence-electron chi connectivity index (χ0n) is 14.4. The molecule has 0 aliphatic carbocycles. The van der Waals surface area contributed by atoms with Gasteiger partial charge in [-0.25, -0.2) is 0 Å². The van der Waals surface area contributed by atoms with E-state index < -0.39 is 0 Å². The Morgan fingerprint density at radius 1 is 0.875 bits per heavy atom. The molecule has 0 radical (unpaired) electrons. The smallest absolute Gasteiger partial charge is 0.272 e. The van der Waals surface area contributed by atoms with Crippen LogP contribution in [0.3, 0.4) is 0 Å². The number of carbonyl (C=O) groups excluding carboxylic acids is 2. The molecule has 24 heavy (non-hydrogen) atoms. The quantitative estimate of drug-likeness (QED) is 0.843. The maximum atomic E-state index is 12.7. The third-order valence-electron chi connectivity index (χ3n) is 3.76. The van der Waals surface area contributed by atoms with Gasteiger partial charge in [0.25, 0.3) is 5.91 Å². The largest absolute Gasteiger partial charge is 0.322 e. The van der Waals surface area contributed by atoms with Crippen LogP contribution < -0.4 is 10.6 Å². The predicted molar refractivity (Wildman–Crippen MR) is 97.5 cm³/mol. The van der Waals surface area contributed by atoms with Crippen molar-refractivity contribution in [3.05, 3.63) is 70.4 Å². The lowest BCUT2D eigenvalue weighted by Gasteiger charge is -2.14. The van der Waals surface area contributed by atoms with E-state index in [1.807, 2.05) is 63.2 Å². The highest BCUT2D eigenvalue weighted by Gasteiger charge is 2.14. The normalized spacial score (nSPS) is 11.1. The number of benzene rings is 2. The van der Waals surface area contributed by atoms with Crippen LogP contribution in [0.2, 0.25) is 0 Å².